The Labute approximate surface area is 119 Å². The first-order valence-corrected chi connectivity index (χ1v) is 7.37. The number of pyridine rings is 1. The van der Waals surface area contributed by atoms with E-state index in [2.05, 4.69) is 4.98 Å². The second-order valence-corrected chi connectivity index (χ2v) is 5.70. The Morgan fingerprint density at radius 2 is 1.90 bits per heavy atom. The minimum atomic E-state index is 0.144. The van der Waals surface area contributed by atoms with Crippen molar-refractivity contribution in [1.29, 1.82) is 0 Å². The lowest BCUT2D eigenvalue weighted by Gasteiger charge is -2.26. The third-order valence-electron chi connectivity index (χ3n) is 4.45. The van der Waals surface area contributed by atoms with Gasteiger partial charge in [0, 0.05) is 23.1 Å². The van der Waals surface area contributed by atoms with E-state index in [4.69, 9.17) is 5.73 Å². The molecule has 0 saturated heterocycles. The highest BCUT2D eigenvalue weighted by Gasteiger charge is 2.27. The largest absolute Gasteiger partial charge is 0.330 e. The lowest BCUT2D eigenvalue weighted by atomic mass is 9.78. The van der Waals surface area contributed by atoms with Crippen LogP contribution in [-0.2, 0) is 0 Å². The predicted octanol–water partition coefficient (Wildman–Crippen LogP) is 3.18. The molecule has 1 fully saturated rings. The van der Waals surface area contributed by atoms with Crippen LogP contribution in [0.4, 0.5) is 0 Å². The molecule has 0 unspecified atom stereocenters. The highest BCUT2D eigenvalue weighted by Crippen LogP contribution is 2.31. The maximum Gasteiger partial charge on any atom is 0.168 e. The van der Waals surface area contributed by atoms with Gasteiger partial charge >= 0.3 is 0 Å². The standard InChI is InChI=1S/C17H20N2O/c18-11-12-6-8-14(9-7-12)17(20)15-5-1-3-13-4-2-10-19-16(13)15/h1-5,10,12,14H,6-9,11,18H2. The number of nitrogens with zero attached hydrogens (tertiary/aromatic N) is 1. The number of carbonyl (C=O) groups is 1. The number of para-hydroxylation sites is 1. The van der Waals surface area contributed by atoms with E-state index in [1.807, 2.05) is 30.3 Å². The van der Waals surface area contributed by atoms with Crippen LogP contribution in [0.15, 0.2) is 36.5 Å². The van der Waals surface area contributed by atoms with Crippen molar-refractivity contribution in [3.05, 3.63) is 42.1 Å². The van der Waals surface area contributed by atoms with Crippen LogP contribution in [-0.4, -0.2) is 17.3 Å². The second kappa shape index (κ2) is 5.71. The van der Waals surface area contributed by atoms with E-state index in [-0.39, 0.29) is 11.7 Å². The molecule has 0 amide bonds. The van der Waals surface area contributed by atoms with Crippen molar-refractivity contribution in [2.75, 3.05) is 6.54 Å². The summed E-state index contributed by atoms with van der Waals surface area (Å²) in [6.07, 6.45) is 5.83. The zero-order chi connectivity index (χ0) is 13.9. The Kier molecular flexibility index (Phi) is 3.79. The number of ketones is 1. The van der Waals surface area contributed by atoms with Crippen molar-refractivity contribution in [3.8, 4) is 0 Å². The van der Waals surface area contributed by atoms with Crippen LogP contribution in [0.3, 0.4) is 0 Å². The molecule has 20 heavy (non-hydrogen) atoms. The van der Waals surface area contributed by atoms with Crippen molar-refractivity contribution >= 4 is 16.7 Å². The number of benzene rings is 1. The van der Waals surface area contributed by atoms with Crippen molar-refractivity contribution in [2.45, 2.75) is 25.7 Å². The number of rotatable bonds is 3. The third-order valence-corrected chi connectivity index (χ3v) is 4.45. The van der Waals surface area contributed by atoms with Gasteiger partial charge < -0.3 is 5.73 Å². The molecule has 1 heterocycles. The lowest BCUT2D eigenvalue weighted by Crippen LogP contribution is -2.26. The van der Waals surface area contributed by atoms with Crippen molar-refractivity contribution in [2.24, 2.45) is 17.6 Å². The number of nitrogens with two attached hydrogens (primary N) is 1. The molecule has 3 nitrogen and oxygen atoms in total. The second-order valence-electron chi connectivity index (χ2n) is 5.70. The summed E-state index contributed by atoms with van der Waals surface area (Å²) in [5, 5.41) is 1.04. The van der Waals surface area contributed by atoms with Crippen LogP contribution in [0.1, 0.15) is 36.0 Å². The fourth-order valence-electron chi connectivity index (χ4n) is 3.18. The molecule has 2 aromatic rings. The van der Waals surface area contributed by atoms with E-state index in [1.165, 1.54) is 0 Å². The average molecular weight is 268 g/mol. The molecule has 1 aromatic carbocycles. The van der Waals surface area contributed by atoms with E-state index < -0.39 is 0 Å². The van der Waals surface area contributed by atoms with Crippen molar-refractivity contribution in [3.63, 3.8) is 0 Å². The summed E-state index contributed by atoms with van der Waals surface area (Å²) >= 11 is 0. The van der Waals surface area contributed by atoms with Crippen LogP contribution in [0.5, 0.6) is 0 Å². The van der Waals surface area contributed by atoms with Gasteiger partial charge in [0.25, 0.3) is 0 Å². The summed E-state index contributed by atoms with van der Waals surface area (Å²) in [6.45, 7) is 0.747. The van der Waals surface area contributed by atoms with Crippen LogP contribution in [0.2, 0.25) is 0 Å². The summed E-state index contributed by atoms with van der Waals surface area (Å²) in [7, 11) is 0. The van der Waals surface area contributed by atoms with Crippen LogP contribution >= 0.6 is 0 Å². The first-order chi connectivity index (χ1) is 9.79. The van der Waals surface area contributed by atoms with Gasteiger partial charge in [0.1, 0.15) is 0 Å². The molecule has 0 spiro atoms. The van der Waals surface area contributed by atoms with E-state index in [0.717, 1.165) is 48.7 Å². The average Bonchev–Trinajstić information content (AvgIpc) is 2.54. The Bertz CT molecular complexity index is 610. The predicted molar refractivity (Wildman–Crippen MR) is 80.6 cm³/mol. The minimum Gasteiger partial charge on any atom is -0.330 e. The number of hydrogen-bond donors (Lipinski definition) is 1. The van der Waals surface area contributed by atoms with Gasteiger partial charge in [-0.2, -0.15) is 0 Å². The van der Waals surface area contributed by atoms with Gasteiger partial charge in [-0.15, -0.1) is 0 Å². The molecule has 3 heteroatoms. The molecular formula is C17H20N2O. The molecule has 0 aliphatic heterocycles. The van der Waals surface area contributed by atoms with E-state index in [9.17, 15) is 4.79 Å². The quantitative estimate of drug-likeness (QED) is 0.870. The first-order valence-electron chi connectivity index (χ1n) is 7.37. The molecule has 1 aromatic heterocycles. The highest BCUT2D eigenvalue weighted by molar-refractivity contribution is 6.07. The van der Waals surface area contributed by atoms with Gasteiger partial charge in [-0.25, -0.2) is 0 Å². The van der Waals surface area contributed by atoms with Crippen LogP contribution < -0.4 is 5.73 Å². The number of aromatic nitrogens is 1. The molecule has 0 atom stereocenters. The highest BCUT2D eigenvalue weighted by atomic mass is 16.1. The summed E-state index contributed by atoms with van der Waals surface area (Å²) in [5.74, 6) is 1.000. The summed E-state index contributed by atoms with van der Waals surface area (Å²) in [6, 6.07) is 9.77. The summed E-state index contributed by atoms with van der Waals surface area (Å²) < 4.78 is 0. The molecule has 3 rings (SSSR count). The Hall–Kier alpha value is -1.74. The van der Waals surface area contributed by atoms with E-state index in [0.29, 0.717) is 5.92 Å². The fraction of sp³-hybridized carbons (Fsp3) is 0.412. The summed E-state index contributed by atoms with van der Waals surface area (Å²) in [5.41, 5.74) is 7.33. The molecular weight excluding hydrogens is 248 g/mol. The SMILES string of the molecule is NCC1CCC(C(=O)c2cccc3cccnc23)CC1. The van der Waals surface area contributed by atoms with Gasteiger partial charge in [0.15, 0.2) is 5.78 Å². The van der Waals surface area contributed by atoms with Gasteiger partial charge in [-0.1, -0.05) is 18.2 Å². The monoisotopic (exact) mass is 268 g/mol. The lowest BCUT2D eigenvalue weighted by molar-refractivity contribution is 0.0875. The molecule has 0 bridgehead atoms. The van der Waals surface area contributed by atoms with Crippen LogP contribution in [0, 0.1) is 11.8 Å². The molecule has 104 valence electrons. The minimum absolute atomic E-state index is 0.144. The molecule has 0 radical (unpaired) electrons. The van der Waals surface area contributed by atoms with Gasteiger partial charge in [0.05, 0.1) is 5.52 Å². The van der Waals surface area contributed by atoms with Gasteiger partial charge in [0.2, 0.25) is 0 Å². The smallest absolute Gasteiger partial charge is 0.168 e. The molecule has 1 saturated carbocycles. The molecule has 2 N–H and O–H groups in total. The van der Waals surface area contributed by atoms with Gasteiger partial charge in [-0.05, 0) is 50.3 Å². The summed E-state index contributed by atoms with van der Waals surface area (Å²) in [4.78, 5) is 17.1. The number of Topliss-reactive ketones (excluding diaryl/α,β-unsaturated/α-hetero) is 1. The zero-order valence-corrected chi connectivity index (χ0v) is 11.6. The maximum atomic E-state index is 12.7. The first kappa shape index (κ1) is 13.3. The van der Waals surface area contributed by atoms with Crippen molar-refractivity contribution in [1.82, 2.24) is 4.98 Å². The fourth-order valence-corrected chi connectivity index (χ4v) is 3.18. The molecule has 1 aliphatic carbocycles. The van der Waals surface area contributed by atoms with E-state index in [1.54, 1.807) is 6.20 Å². The van der Waals surface area contributed by atoms with Gasteiger partial charge in [-0.3, -0.25) is 9.78 Å². The third kappa shape index (κ3) is 2.46. The van der Waals surface area contributed by atoms with E-state index >= 15 is 0 Å². The molecule has 1 aliphatic rings. The normalized spacial score (nSPS) is 22.9. The Morgan fingerprint density at radius 3 is 2.65 bits per heavy atom. The number of hydrogen-bond acceptors (Lipinski definition) is 3. The Morgan fingerprint density at radius 1 is 1.15 bits per heavy atom. The topological polar surface area (TPSA) is 56.0 Å². The Balaban J connectivity index is 1.86. The number of fused-ring (bicyclic) bond motifs is 1. The van der Waals surface area contributed by atoms with Crippen LogP contribution in [0.25, 0.3) is 10.9 Å². The number of carbonyl (C=O) groups excluding carboxylic acids is 1. The maximum absolute atomic E-state index is 12.7. The zero-order valence-electron chi connectivity index (χ0n) is 11.6. The van der Waals surface area contributed by atoms with Crippen molar-refractivity contribution < 1.29 is 4.79 Å².